The lowest BCUT2D eigenvalue weighted by Crippen LogP contribution is -2.12. The number of hydrogen-bond donors (Lipinski definition) is 2. The van der Waals surface area contributed by atoms with Crippen LogP contribution in [0.2, 0.25) is 0 Å². The molecule has 0 atom stereocenters. The first-order valence-electron chi connectivity index (χ1n) is 6.49. The number of halogens is 1. The summed E-state index contributed by atoms with van der Waals surface area (Å²) in [6.07, 6.45) is 1.38. The smallest absolute Gasteiger partial charge is 0.265 e. The summed E-state index contributed by atoms with van der Waals surface area (Å²) in [5.41, 5.74) is 8.73. The van der Waals surface area contributed by atoms with Gasteiger partial charge in [-0.1, -0.05) is 0 Å². The Bertz CT molecular complexity index is 935. The number of rotatable bonds is 2. The number of nitrogens with two attached hydrogens (primary N) is 1. The molecule has 2 heterocycles. The number of primary amides is 1. The normalized spacial score (nSPS) is 10.6. The van der Waals surface area contributed by atoms with Gasteiger partial charge in [0.1, 0.15) is 5.69 Å². The number of nitrogens with one attached hydrogen (secondary N) is 1. The number of fused-ring (bicyclic) bond motifs is 1. The molecule has 0 fully saturated rings. The number of nitriles is 1. The fourth-order valence-electron chi connectivity index (χ4n) is 2.50. The molecule has 0 aliphatic rings. The second-order valence-corrected chi connectivity index (χ2v) is 4.92. The van der Waals surface area contributed by atoms with Gasteiger partial charge in [-0.2, -0.15) is 9.65 Å². The molecule has 3 rings (SSSR count). The Morgan fingerprint density at radius 1 is 1.41 bits per heavy atom. The van der Waals surface area contributed by atoms with E-state index in [2.05, 4.69) is 16.0 Å². The molecule has 1 amide bonds. The summed E-state index contributed by atoms with van der Waals surface area (Å²) in [6, 6.07) is 8.24. The monoisotopic (exact) mass is 294 g/mol. The van der Waals surface area contributed by atoms with Crippen molar-refractivity contribution in [1.82, 2.24) is 9.97 Å². The van der Waals surface area contributed by atoms with Crippen molar-refractivity contribution < 1.29 is 9.18 Å². The van der Waals surface area contributed by atoms with Crippen molar-refractivity contribution in [3.05, 3.63) is 53.2 Å². The predicted molar refractivity (Wildman–Crippen MR) is 79.5 cm³/mol. The van der Waals surface area contributed by atoms with Crippen molar-refractivity contribution in [2.45, 2.75) is 6.92 Å². The van der Waals surface area contributed by atoms with Crippen molar-refractivity contribution in [2.24, 2.45) is 5.73 Å². The molecule has 0 saturated heterocycles. The highest BCUT2D eigenvalue weighted by Gasteiger charge is 2.16. The molecule has 1 aromatic carbocycles. The third-order valence-corrected chi connectivity index (χ3v) is 3.58. The maximum absolute atomic E-state index is 13.0. The van der Waals surface area contributed by atoms with E-state index in [0.717, 1.165) is 5.39 Å². The number of pyridine rings is 1. The van der Waals surface area contributed by atoms with E-state index in [9.17, 15) is 14.4 Å². The molecular formula is C16H11FN4O. The van der Waals surface area contributed by atoms with Gasteiger partial charge in [0, 0.05) is 22.7 Å². The van der Waals surface area contributed by atoms with E-state index >= 15 is 0 Å². The van der Waals surface area contributed by atoms with Crippen LogP contribution in [-0.2, 0) is 0 Å². The summed E-state index contributed by atoms with van der Waals surface area (Å²) in [7, 11) is 0. The van der Waals surface area contributed by atoms with Crippen LogP contribution < -0.4 is 5.73 Å². The average molecular weight is 294 g/mol. The topological polar surface area (TPSA) is 95.6 Å². The van der Waals surface area contributed by atoms with Crippen LogP contribution in [0.15, 0.2) is 30.5 Å². The molecule has 22 heavy (non-hydrogen) atoms. The Morgan fingerprint density at radius 3 is 2.77 bits per heavy atom. The van der Waals surface area contributed by atoms with Crippen LogP contribution in [-0.4, -0.2) is 15.9 Å². The Hall–Kier alpha value is -3.20. The van der Waals surface area contributed by atoms with Crippen molar-refractivity contribution >= 4 is 16.8 Å². The lowest BCUT2D eigenvalue weighted by atomic mass is 10.00. The van der Waals surface area contributed by atoms with Gasteiger partial charge in [0.2, 0.25) is 5.95 Å². The molecular weight excluding hydrogens is 283 g/mol. The number of nitrogens with zero attached hydrogens (tertiary/aromatic N) is 2. The summed E-state index contributed by atoms with van der Waals surface area (Å²) < 4.78 is 13.0. The van der Waals surface area contributed by atoms with E-state index in [0.29, 0.717) is 33.5 Å². The van der Waals surface area contributed by atoms with E-state index < -0.39 is 11.9 Å². The minimum Gasteiger partial charge on any atom is -0.364 e. The van der Waals surface area contributed by atoms with Crippen LogP contribution in [0, 0.1) is 24.2 Å². The number of H-pyrrole nitrogens is 1. The van der Waals surface area contributed by atoms with E-state index in [1.54, 1.807) is 25.1 Å². The molecule has 0 unspecified atom stereocenters. The molecule has 2 aromatic heterocycles. The second-order valence-electron chi connectivity index (χ2n) is 4.92. The van der Waals surface area contributed by atoms with Gasteiger partial charge in [-0.3, -0.25) is 4.79 Å². The molecule has 3 N–H and O–H groups in total. The first kappa shape index (κ1) is 13.8. The number of benzene rings is 1. The number of hydrogen-bond acceptors (Lipinski definition) is 3. The molecule has 3 aromatic rings. The highest BCUT2D eigenvalue weighted by molar-refractivity contribution is 6.04. The zero-order chi connectivity index (χ0) is 15.9. The highest BCUT2D eigenvalue weighted by Crippen LogP contribution is 2.32. The van der Waals surface area contributed by atoms with Crippen molar-refractivity contribution in [3.63, 3.8) is 0 Å². The van der Waals surface area contributed by atoms with Gasteiger partial charge >= 0.3 is 0 Å². The molecule has 5 nitrogen and oxygen atoms in total. The minimum absolute atomic E-state index is 0.293. The maximum atomic E-state index is 13.0. The third kappa shape index (κ3) is 2.09. The number of carbonyl (C=O) groups excluding carboxylic acids is 1. The molecule has 0 radical (unpaired) electrons. The zero-order valence-electron chi connectivity index (χ0n) is 11.6. The van der Waals surface area contributed by atoms with Gasteiger partial charge in [-0.05, 0) is 36.8 Å². The number of amides is 1. The average Bonchev–Trinajstić information content (AvgIpc) is 2.85. The first-order valence-corrected chi connectivity index (χ1v) is 6.49. The lowest BCUT2D eigenvalue weighted by molar-refractivity contribution is 0.0996. The van der Waals surface area contributed by atoms with Crippen LogP contribution in [0.25, 0.3) is 22.0 Å². The number of carbonyl (C=O) groups is 1. The standard InChI is InChI=1S/C16H11FN4O/c1-8-11-4-9(6-18)5-12(10-2-3-13(17)20-7-10)15(11)21-14(8)16(19)22/h2-5,7,21H,1H3,(H2,19,22). The van der Waals surface area contributed by atoms with Crippen LogP contribution in [0.1, 0.15) is 21.6 Å². The Balaban J connectivity index is 2.38. The SMILES string of the molecule is Cc1c(C(N)=O)[nH]c2c(-c3ccc(F)nc3)cc(C#N)cc12. The number of aromatic nitrogens is 2. The van der Waals surface area contributed by atoms with Crippen LogP contribution in [0.5, 0.6) is 0 Å². The van der Waals surface area contributed by atoms with Crippen LogP contribution in [0.3, 0.4) is 0 Å². The fraction of sp³-hybridized carbons (Fsp3) is 0.0625. The van der Waals surface area contributed by atoms with E-state index in [-0.39, 0.29) is 0 Å². The van der Waals surface area contributed by atoms with Crippen LogP contribution >= 0.6 is 0 Å². The molecule has 108 valence electrons. The summed E-state index contributed by atoms with van der Waals surface area (Å²) >= 11 is 0. The second kappa shape index (κ2) is 4.97. The van der Waals surface area contributed by atoms with E-state index in [4.69, 9.17) is 5.73 Å². The third-order valence-electron chi connectivity index (χ3n) is 3.58. The summed E-state index contributed by atoms with van der Waals surface area (Å²) in [5.74, 6) is -1.16. The largest absolute Gasteiger partial charge is 0.364 e. The Labute approximate surface area is 125 Å². The van der Waals surface area contributed by atoms with Gasteiger partial charge < -0.3 is 10.7 Å². The predicted octanol–water partition coefficient (Wildman–Crippen LogP) is 2.65. The first-order chi connectivity index (χ1) is 10.5. The van der Waals surface area contributed by atoms with Crippen molar-refractivity contribution in [1.29, 1.82) is 5.26 Å². The number of aryl methyl sites for hydroxylation is 1. The highest BCUT2D eigenvalue weighted by atomic mass is 19.1. The van der Waals surface area contributed by atoms with Gasteiger partial charge in [0.15, 0.2) is 0 Å². The van der Waals surface area contributed by atoms with Crippen molar-refractivity contribution in [3.8, 4) is 17.2 Å². The van der Waals surface area contributed by atoms with Crippen molar-refractivity contribution in [2.75, 3.05) is 0 Å². The van der Waals surface area contributed by atoms with Crippen LogP contribution in [0.4, 0.5) is 4.39 Å². The van der Waals surface area contributed by atoms with Gasteiger partial charge in [-0.25, -0.2) is 4.98 Å². The summed E-state index contributed by atoms with van der Waals surface area (Å²) in [4.78, 5) is 18.1. The molecule has 6 heteroatoms. The van der Waals surface area contributed by atoms with Gasteiger partial charge in [0.05, 0.1) is 17.1 Å². The van der Waals surface area contributed by atoms with E-state index in [1.807, 2.05) is 0 Å². The van der Waals surface area contributed by atoms with Gasteiger partial charge in [0.25, 0.3) is 5.91 Å². The number of aromatic amines is 1. The maximum Gasteiger partial charge on any atom is 0.265 e. The molecule has 0 saturated carbocycles. The summed E-state index contributed by atoms with van der Waals surface area (Å²) in [6.45, 7) is 1.76. The fourth-order valence-corrected chi connectivity index (χ4v) is 2.50. The zero-order valence-corrected chi connectivity index (χ0v) is 11.6. The molecule has 0 bridgehead atoms. The molecule has 0 aliphatic carbocycles. The summed E-state index contributed by atoms with van der Waals surface area (Å²) in [5, 5.41) is 9.92. The minimum atomic E-state index is -0.586. The Kier molecular flexibility index (Phi) is 3.11. The van der Waals surface area contributed by atoms with Gasteiger partial charge in [-0.15, -0.1) is 0 Å². The quantitative estimate of drug-likeness (QED) is 0.711. The Morgan fingerprint density at radius 2 is 2.18 bits per heavy atom. The molecule has 0 spiro atoms. The van der Waals surface area contributed by atoms with E-state index in [1.165, 1.54) is 12.3 Å². The lowest BCUT2D eigenvalue weighted by Gasteiger charge is -2.04. The molecule has 0 aliphatic heterocycles.